The van der Waals surface area contributed by atoms with Gasteiger partial charge in [0.05, 0.1) is 17.9 Å². The molecule has 0 aliphatic carbocycles. The standard InChI is InChI=1S/C14H21ClN2O4S/c1-10(2)21-13-6-5-11(15)9-12(13)14(18)17(3)8-7-16-22(4,19)20/h5-6,9-10,16H,7-8H2,1-4H3. The maximum Gasteiger partial charge on any atom is 0.257 e. The minimum Gasteiger partial charge on any atom is -0.490 e. The predicted octanol–water partition coefficient (Wildman–Crippen LogP) is 1.75. The van der Waals surface area contributed by atoms with Crippen LogP contribution in [0.5, 0.6) is 5.75 Å². The molecule has 1 N–H and O–H groups in total. The first-order chi connectivity index (χ1) is 10.1. The van der Waals surface area contributed by atoms with Crippen LogP contribution in [0, 0.1) is 0 Å². The van der Waals surface area contributed by atoms with E-state index in [1.54, 1.807) is 25.2 Å². The van der Waals surface area contributed by atoms with Gasteiger partial charge in [0.15, 0.2) is 0 Å². The van der Waals surface area contributed by atoms with E-state index in [1.807, 2.05) is 13.8 Å². The fourth-order valence-electron chi connectivity index (χ4n) is 1.73. The van der Waals surface area contributed by atoms with Crippen molar-refractivity contribution in [1.29, 1.82) is 0 Å². The number of hydrogen-bond acceptors (Lipinski definition) is 4. The number of nitrogens with zero attached hydrogens (tertiary/aromatic N) is 1. The highest BCUT2D eigenvalue weighted by Crippen LogP contribution is 2.25. The zero-order chi connectivity index (χ0) is 16.9. The lowest BCUT2D eigenvalue weighted by atomic mass is 10.1. The lowest BCUT2D eigenvalue weighted by molar-refractivity contribution is 0.0791. The molecule has 0 saturated heterocycles. The van der Waals surface area contributed by atoms with Crippen LogP contribution in [0.25, 0.3) is 0 Å². The molecule has 0 spiro atoms. The molecule has 0 radical (unpaired) electrons. The van der Waals surface area contributed by atoms with Gasteiger partial charge in [-0.2, -0.15) is 0 Å². The topological polar surface area (TPSA) is 75.7 Å². The van der Waals surface area contributed by atoms with Crippen molar-refractivity contribution in [3.8, 4) is 5.75 Å². The molecule has 1 aromatic rings. The normalized spacial score (nSPS) is 11.5. The monoisotopic (exact) mass is 348 g/mol. The Kier molecular flexibility index (Phi) is 6.65. The maximum absolute atomic E-state index is 12.5. The smallest absolute Gasteiger partial charge is 0.257 e. The molecule has 0 saturated carbocycles. The molecule has 8 heteroatoms. The molecule has 0 bridgehead atoms. The molecule has 0 unspecified atom stereocenters. The first kappa shape index (κ1) is 18.7. The molecule has 0 aromatic heterocycles. The van der Waals surface area contributed by atoms with E-state index in [4.69, 9.17) is 16.3 Å². The summed E-state index contributed by atoms with van der Waals surface area (Å²) in [6.07, 6.45) is 0.991. The maximum atomic E-state index is 12.5. The highest BCUT2D eigenvalue weighted by Gasteiger charge is 2.18. The molecule has 22 heavy (non-hydrogen) atoms. The van der Waals surface area contributed by atoms with Crippen molar-refractivity contribution in [2.75, 3.05) is 26.4 Å². The van der Waals surface area contributed by atoms with Crippen molar-refractivity contribution in [2.45, 2.75) is 20.0 Å². The van der Waals surface area contributed by atoms with Gasteiger partial charge in [-0.1, -0.05) is 11.6 Å². The Bertz CT molecular complexity index is 632. The van der Waals surface area contributed by atoms with E-state index in [1.165, 1.54) is 4.90 Å². The van der Waals surface area contributed by atoms with Gasteiger partial charge in [-0.25, -0.2) is 13.1 Å². The number of carbonyl (C=O) groups is 1. The van der Waals surface area contributed by atoms with Crippen LogP contribution in [-0.4, -0.2) is 51.7 Å². The Morgan fingerprint density at radius 1 is 1.41 bits per heavy atom. The number of halogens is 1. The molecule has 0 atom stereocenters. The molecular formula is C14H21ClN2O4S. The molecule has 124 valence electrons. The quantitative estimate of drug-likeness (QED) is 0.814. The Morgan fingerprint density at radius 2 is 2.05 bits per heavy atom. The van der Waals surface area contributed by atoms with Crippen molar-refractivity contribution >= 4 is 27.5 Å². The van der Waals surface area contributed by atoms with Gasteiger partial charge in [-0.3, -0.25) is 4.79 Å². The zero-order valence-electron chi connectivity index (χ0n) is 13.1. The summed E-state index contributed by atoms with van der Waals surface area (Å²) in [5.41, 5.74) is 0.350. The summed E-state index contributed by atoms with van der Waals surface area (Å²) >= 11 is 5.95. The van der Waals surface area contributed by atoms with Gasteiger partial charge in [0, 0.05) is 25.2 Å². The highest BCUT2D eigenvalue weighted by atomic mass is 35.5. The van der Waals surface area contributed by atoms with Gasteiger partial charge in [-0.05, 0) is 32.0 Å². The number of benzene rings is 1. The molecule has 6 nitrogen and oxygen atoms in total. The summed E-state index contributed by atoms with van der Waals surface area (Å²) in [6.45, 7) is 4.10. The first-order valence-corrected chi connectivity index (χ1v) is 9.03. The van der Waals surface area contributed by atoms with E-state index < -0.39 is 10.0 Å². The lowest BCUT2D eigenvalue weighted by Gasteiger charge is -2.20. The average Bonchev–Trinajstić information content (AvgIpc) is 2.38. The molecular weight excluding hydrogens is 328 g/mol. The summed E-state index contributed by atoms with van der Waals surface area (Å²) in [6, 6.07) is 4.85. The number of nitrogens with one attached hydrogen (secondary N) is 1. The van der Waals surface area contributed by atoms with Gasteiger partial charge in [0.25, 0.3) is 5.91 Å². The van der Waals surface area contributed by atoms with Gasteiger partial charge < -0.3 is 9.64 Å². The van der Waals surface area contributed by atoms with Gasteiger partial charge in [0.1, 0.15) is 5.75 Å². The SMILES string of the molecule is CC(C)Oc1ccc(Cl)cc1C(=O)N(C)CCNS(C)(=O)=O. The van der Waals surface area contributed by atoms with E-state index in [9.17, 15) is 13.2 Å². The van der Waals surface area contributed by atoms with Crippen molar-refractivity contribution in [3.63, 3.8) is 0 Å². The van der Waals surface area contributed by atoms with Gasteiger partial charge in [0.2, 0.25) is 10.0 Å². The van der Waals surface area contributed by atoms with Crippen molar-refractivity contribution in [3.05, 3.63) is 28.8 Å². The molecule has 1 aromatic carbocycles. The predicted molar refractivity (Wildman–Crippen MR) is 87.0 cm³/mol. The summed E-state index contributed by atoms with van der Waals surface area (Å²) in [5, 5.41) is 0.433. The van der Waals surface area contributed by atoms with Crippen LogP contribution < -0.4 is 9.46 Å². The Morgan fingerprint density at radius 3 is 2.59 bits per heavy atom. The summed E-state index contributed by atoms with van der Waals surface area (Å²) < 4.78 is 30.0. The van der Waals surface area contributed by atoms with E-state index >= 15 is 0 Å². The molecule has 1 rings (SSSR count). The average molecular weight is 349 g/mol. The Balaban J connectivity index is 2.84. The summed E-state index contributed by atoms with van der Waals surface area (Å²) in [4.78, 5) is 13.9. The Hall–Kier alpha value is -1.31. The number of rotatable bonds is 7. The second-order valence-electron chi connectivity index (χ2n) is 5.20. The molecule has 0 fully saturated rings. The number of carbonyl (C=O) groups excluding carboxylic acids is 1. The molecule has 0 aliphatic heterocycles. The molecule has 1 amide bonds. The van der Waals surface area contributed by atoms with Crippen LogP contribution in [0.2, 0.25) is 5.02 Å². The van der Waals surface area contributed by atoms with Crippen LogP contribution >= 0.6 is 11.6 Å². The summed E-state index contributed by atoms with van der Waals surface area (Å²) in [5.74, 6) is 0.167. The number of amides is 1. The highest BCUT2D eigenvalue weighted by molar-refractivity contribution is 7.88. The Labute approximate surface area is 136 Å². The lowest BCUT2D eigenvalue weighted by Crippen LogP contribution is -2.36. The van der Waals surface area contributed by atoms with Crippen LogP contribution in [0.15, 0.2) is 18.2 Å². The minimum atomic E-state index is -3.27. The zero-order valence-corrected chi connectivity index (χ0v) is 14.7. The number of sulfonamides is 1. The fraction of sp³-hybridized carbons (Fsp3) is 0.500. The van der Waals surface area contributed by atoms with E-state index in [-0.39, 0.29) is 25.1 Å². The van der Waals surface area contributed by atoms with Crippen molar-refractivity contribution in [1.82, 2.24) is 9.62 Å². The largest absolute Gasteiger partial charge is 0.490 e. The van der Waals surface area contributed by atoms with Gasteiger partial charge in [-0.15, -0.1) is 0 Å². The molecule has 0 aliphatic rings. The number of hydrogen-bond donors (Lipinski definition) is 1. The second-order valence-corrected chi connectivity index (χ2v) is 7.47. The van der Waals surface area contributed by atoms with E-state index in [0.29, 0.717) is 16.3 Å². The van der Waals surface area contributed by atoms with Crippen LogP contribution in [-0.2, 0) is 10.0 Å². The van der Waals surface area contributed by atoms with Crippen molar-refractivity contribution < 1.29 is 17.9 Å². The second kappa shape index (κ2) is 7.80. The van der Waals surface area contributed by atoms with Crippen molar-refractivity contribution in [2.24, 2.45) is 0 Å². The number of likely N-dealkylation sites (N-methyl/N-ethyl adjacent to an activating group) is 1. The van der Waals surface area contributed by atoms with Crippen LogP contribution in [0.3, 0.4) is 0 Å². The third-order valence-corrected chi connectivity index (χ3v) is 3.66. The summed E-state index contributed by atoms with van der Waals surface area (Å²) in [7, 11) is -1.69. The van der Waals surface area contributed by atoms with Crippen LogP contribution in [0.4, 0.5) is 0 Å². The minimum absolute atomic E-state index is 0.0788. The van der Waals surface area contributed by atoms with Crippen LogP contribution in [0.1, 0.15) is 24.2 Å². The van der Waals surface area contributed by atoms with E-state index in [2.05, 4.69) is 4.72 Å². The third kappa shape index (κ3) is 6.21. The number of ether oxygens (including phenoxy) is 1. The van der Waals surface area contributed by atoms with Gasteiger partial charge >= 0.3 is 0 Å². The molecule has 0 heterocycles. The van der Waals surface area contributed by atoms with E-state index in [0.717, 1.165) is 6.26 Å². The first-order valence-electron chi connectivity index (χ1n) is 6.76. The third-order valence-electron chi connectivity index (χ3n) is 2.69. The fourth-order valence-corrected chi connectivity index (χ4v) is 2.37.